The predicted molar refractivity (Wildman–Crippen MR) is 114 cm³/mol. The van der Waals surface area contributed by atoms with Crippen LogP contribution < -0.4 is 14.4 Å². The van der Waals surface area contributed by atoms with Crippen LogP contribution in [-0.2, 0) is 4.79 Å². The van der Waals surface area contributed by atoms with Crippen molar-refractivity contribution < 1.29 is 14.3 Å². The van der Waals surface area contributed by atoms with E-state index in [2.05, 4.69) is 19.8 Å². The largest absolute Gasteiger partial charge is 0.493 e. The molecule has 0 bridgehead atoms. The molecule has 0 saturated carbocycles. The number of rotatable bonds is 6. The number of ether oxygens (including phenoxy) is 2. The van der Waals surface area contributed by atoms with Crippen molar-refractivity contribution in [1.29, 1.82) is 0 Å². The number of carbonyl (C=O) groups excluding carboxylic acids is 1. The molecule has 30 heavy (non-hydrogen) atoms. The minimum absolute atomic E-state index is 0.255. The Morgan fingerprint density at radius 3 is 2.50 bits per heavy atom. The van der Waals surface area contributed by atoms with Gasteiger partial charge in [0.2, 0.25) is 11.8 Å². The number of carbonyl (C=O) groups is 1. The zero-order valence-electron chi connectivity index (χ0n) is 17.7. The summed E-state index contributed by atoms with van der Waals surface area (Å²) < 4.78 is 11.4. The second-order valence-electron chi connectivity index (χ2n) is 7.82. The molecule has 2 aliphatic rings. The van der Waals surface area contributed by atoms with E-state index in [1.54, 1.807) is 7.11 Å². The monoisotopic (exact) mass is 411 g/mol. The average molecular weight is 412 g/mol. The molecule has 2 aliphatic heterocycles. The topological polar surface area (TPSA) is 71.0 Å². The van der Waals surface area contributed by atoms with Crippen molar-refractivity contribution in [2.24, 2.45) is 0 Å². The first-order valence-corrected chi connectivity index (χ1v) is 10.5. The van der Waals surface area contributed by atoms with Crippen LogP contribution in [0.1, 0.15) is 18.4 Å². The second kappa shape index (κ2) is 9.30. The van der Waals surface area contributed by atoms with Crippen molar-refractivity contribution >= 4 is 11.7 Å². The fourth-order valence-electron chi connectivity index (χ4n) is 3.92. The number of aromatic nitrogens is 2. The molecule has 160 valence electrons. The van der Waals surface area contributed by atoms with Gasteiger partial charge in [0.1, 0.15) is 12.1 Å². The maximum Gasteiger partial charge on any atom is 0.236 e. The van der Waals surface area contributed by atoms with Crippen LogP contribution in [0.25, 0.3) is 0 Å². The zero-order valence-corrected chi connectivity index (χ0v) is 17.7. The molecular formula is C22H29N5O3. The van der Waals surface area contributed by atoms with Gasteiger partial charge in [-0.05, 0) is 37.5 Å². The highest BCUT2D eigenvalue weighted by molar-refractivity contribution is 5.78. The molecule has 4 rings (SSSR count). The normalized spacial score (nSPS) is 17.3. The van der Waals surface area contributed by atoms with Crippen molar-refractivity contribution in [3.63, 3.8) is 0 Å². The summed E-state index contributed by atoms with van der Waals surface area (Å²) in [6.45, 7) is 7.65. The summed E-state index contributed by atoms with van der Waals surface area (Å²) in [6, 6.07) is 7.64. The second-order valence-corrected chi connectivity index (χ2v) is 7.82. The van der Waals surface area contributed by atoms with E-state index in [1.807, 2.05) is 36.1 Å². The first-order valence-electron chi connectivity index (χ1n) is 10.5. The number of likely N-dealkylation sites (tertiary alicyclic amines) is 1. The van der Waals surface area contributed by atoms with Crippen LogP contribution in [0.4, 0.5) is 5.82 Å². The Bertz CT molecular complexity index is 877. The van der Waals surface area contributed by atoms with Crippen molar-refractivity contribution in [2.75, 3.05) is 57.8 Å². The molecule has 0 aliphatic carbocycles. The summed E-state index contributed by atoms with van der Waals surface area (Å²) in [5, 5.41) is 0. The zero-order chi connectivity index (χ0) is 20.9. The first kappa shape index (κ1) is 20.4. The number of piperazine rings is 1. The predicted octanol–water partition coefficient (Wildman–Crippen LogP) is 2.33. The Balaban J connectivity index is 1.35. The van der Waals surface area contributed by atoms with Crippen LogP contribution >= 0.6 is 0 Å². The smallest absolute Gasteiger partial charge is 0.236 e. The van der Waals surface area contributed by atoms with Crippen LogP contribution in [0.5, 0.6) is 17.4 Å². The van der Waals surface area contributed by atoms with Crippen LogP contribution in [0.2, 0.25) is 0 Å². The summed E-state index contributed by atoms with van der Waals surface area (Å²) >= 11 is 0. The maximum absolute atomic E-state index is 12.4. The van der Waals surface area contributed by atoms with Gasteiger partial charge < -0.3 is 19.3 Å². The molecule has 0 radical (unpaired) electrons. The summed E-state index contributed by atoms with van der Waals surface area (Å²) in [5.41, 5.74) is 1.10. The third-order valence-corrected chi connectivity index (χ3v) is 5.68. The minimum Gasteiger partial charge on any atom is -0.493 e. The number of benzene rings is 1. The van der Waals surface area contributed by atoms with E-state index in [0.717, 1.165) is 63.5 Å². The molecule has 1 aromatic heterocycles. The lowest BCUT2D eigenvalue weighted by atomic mass is 10.2. The van der Waals surface area contributed by atoms with E-state index in [0.29, 0.717) is 23.9 Å². The van der Waals surface area contributed by atoms with Crippen molar-refractivity contribution in [3.8, 4) is 17.4 Å². The maximum atomic E-state index is 12.4. The summed E-state index contributed by atoms with van der Waals surface area (Å²) in [4.78, 5) is 27.5. The van der Waals surface area contributed by atoms with E-state index in [-0.39, 0.29) is 5.91 Å². The fourth-order valence-corrected chi connectivity index (χ4v) is 3.92. The molecule has 0 unspecified atom stereocenters. The highest BCUT2D eigenvalue weighted by Crippen LogP contribution is 2.32. The van der Waals surface area contributed by atoms with E-state index >= 15 is 0 Å². The van der Waals surface area contributed by atoms with Gasteiger partial charge >= 0.3 is 0 Å². The lowest BCUT2D eigenvalue weighted by molar-refractivity contribution is -0.131. The summed E-state index contributed by atoms with van der Waals surface area (Å²) in [7, 11) is 1.63. The number of methoxy groups -OCH3 is 1. The van der Waals surface area contributed by atoms with Crippen molar-refractivity contribution in [3.05, 3.63) is 36.2 Å². The Labute approximate surface area is 177 Å². The number of aryl methyl sites for hydroxylation is 1. The molecule has 3 heterocycles. The molecule has 0 N–H and O–H groups in total. The van der Waals surface area contributed by atoms with Gasteiger partial charge in [-0.2, -0.15) is 0 Å². The Hall–Kier alpha value is -2.87. The third-order valence-electron chi connectivity index (χ3n) is 5.68. The highest BCUT2D eigenvalue weighted by Gasteiger charge is 2.24. The van der Waals surface area contributed by atoms with Crippen LogP contribution in [0.3, 0.4) is 0 Å². The number of hydrogen-bond donors (Lipinski definition) is 0. The van der Waals surface area contributed by atoms with Crippen LogP contribution in [0, 0.1) is 6.92 Å². The van der Waals surface area contributed by atoms with Gasteiger partial charge in [-0.25, -0.2) is 9.97 Å². The van der Waals surface area contributed by atoms with E-state index < -0.39 is 0 Å². The van der Waals surface area contributed by atoms with Gasteiger partial charge in [0.25, 0.3) is 0 Å². The number of anilines is 1. The molecule has 2 fully saturated rings. The quantitative estimate of drug-likeness (QED) is 0.722. The lowest BCUT2D eigenvalue weighted by Gasteiger charge is -2.35. The average Bonchev–Trinajstić information content (AvgIpc) is 3.31. The molecule has 2 saturated heterocycles. The van der Waals surface area contributed by atoms with Crippen LogP contribution in [-0.4, -0.2) is 78.6 Å². The van der Waals surface area contributed by atoms with E-state index in [1.165, 1.54) is 6.33 Å². The Morgan fingerprint density at radius 2 is 1.77 bits per heavy atom. The molecule has 8 nitrogen and oxygen atoms in total. The third kappa shape index (κ3) is 4.81. The van der Waals surface area contributed by atoms with Gasteiger partial charge in [-0.1, -0.05) is 6.07 Å². The fraction of sp³-hybridized carbons (Fsp3) is 0.500. The van der Waals surface area contributed by atoms with Gasteiger partial charge in [-0.15, -0.1) is 0 Å². The number of amides is 1. The van der Waals surface area contributed by atoms with E-state index in [9.17, 15) is 4.79 Å². The SMILES string of the molecule is COc1cc(C)ccc1Oc1cc(N2CCN(CC(=O)N3CCCC3)CC2)ncn1. The Kier molecular flexibility index (Phi) is 6.32. The standard InChI is InChI=1S/C22H29N5O3/c1-17-5-6-18(19(13-17)29-2)30-21-14-20(23-16-24-21)26-11-9-25(10-12-26)15-22(28)27-7-3-4-8-27/h5-6,13-14,16H,3-4,7-12,15H2,1-2H3. The molecule has 1 amide bonds. The highest BCUT2D eigenvalue weighted by atomic mass is 16.5. The molecule has 8 heteroatoms. The Morgan fingerprint density at radius 1 is 1.00 bits per heavy atom. The first-order chi connectivity index (χ1) is 14.6. The molecule has 2 aromatic rings. The van der Waals surface area contributed by atoms with Gasteiger partial charge in [0.05, 0.1) is 13.7 Å². The molecule has 1 aromatic carbocycles. The molecule has 0 atom stereocenters. The minimum atomic E-state index is 0.255. The molecular weight excluding hydrogens is 382 g/mol. The van der Waals surface area contributed by atoms with Gasteiger partial charge in [0.15, 0.2) is 11.5 Å². The van der Waals surface area contributed by atoms with Crippen LogP contribution in [0.15, 0.2) is 30.6 Å². The summed E-state index contributed by atoms with van der Waals surface area (Å²) in [6.07, 6.45) is 3.78. The van der Waals surface area contributed by atoms with Gasteiger partial charge in [0, 0.05) is 45.3 Å². The molecule has 0 spiro atoms. The van der Waals surface area contributed by atoms with Crippen molar-refractivity contribution in [1.82, 2.24) is 19.8 Å². The summed E-state index contributed by atoms with van der Waals surface area (Å²) in [5.74, 6) is 2.86. The van der Waals surface area contributed by atoms with Crippen molar-refractivity contribution in [2.45, 2.75) is 19.8 Å². The van der Waals surface area contributed by atoms with Gasteiger partial charge in [-0.3, -0.25) is 9.69 Å². The van der Waals surface area contributed by atoms with E-state index in [4.69, 9.17) is 9.47 Å². The number of nitrogens with zero attached hydrogens (tertiary/aromatic N) is 5. The lowest BCUT2D eigenvalue weighted by Crippen LogP contribution is -2.50. The number of hydrogen-bond acceptors (Lipinski definition) is 7.